The van der Waals surface area contributed by atoms with Gasteiger partial charge in [-0.3, -0.25) is 9.59 Å². The Morgan fingerprint density at radius 3 is 2.24 bits per heavy atom. The standard InChI is InChI=1S/C27H25ClN2O3S/c28-21-8-4-5-9-22(21)34-26-25(31)24(29-27(26)32)23(18-6-2-1-3-7-18)19-10-12-20(13-11-19)30-14-16-33-17-15-30/h1-13,23-24,26H,14-17H2,(H,29,32)/t23?,24-,26?/m1/s1. The van der Waals surface area contributed by atoms with Crippen molar-refractivity contribution in [1.29, 1.82) is 0 Å². The van der Waals surface area contributed by atoms with E-state index in [-0.39, 0.29) is 17.6 Å². The lowest BCUT2D eigenvalue weighted by Crippen LogP contribution is -2.37. The Hall–Kier alpha value is -2.80. The van der Waals surface area contributed by atoms with Crippen molar-refractivity contribution in [3.05, 3.63) is 95.0 Å². The van der Waals surface area contributed by atoms with E-state index in [0.717, 1.165) is 48.0 Å². The number of halogens is 1. The number of ether oxygens (including phenoxy) is 1. The second kappa shape index (κ2) is 10.2. The van der Waals surface area contributed by atoms with E-state index in [1.165, 1.54) is 11.8 Å². The van der Waals surface area contributed by atoms with Crippen LogP contribution in [0.2, 0.25) is 5.02 Å². The normalized spacial score (nSPS) is 21.4. The number of hydrogen-bond donors (Lipinski definition) is 1. The molecule has 0 spiro atoms. The van der Waals surface area contributed by atoms with Crippen molar-refractivity contribution in [2.24, 2.45) is 0 Å². The van der Waals surface area contributed by atoms with Gasteiger partial charge in [0.1, 0.15) is 11.3 Å². The third-order valence-electron chi connectivity index (χ3n) is 6.30. The summed E-state index contributed by atoms with van der Waals surface area (Å²) >= 11 is 7.51. The molecule has 1 amide bonds. The average molecular weight is 493 g/mol. The van der Waals surface area contributed by atoms with Crippen LogP contribution in [-0.2, 0) is 14.3 Å². The molecular weight excluding hydrogens is 468 g/mol. The summed E-state index contributed by atoms with van der Waals surface area (Å²) in [6.07, 6.45) is 0. The molecule has 2 aliphatic heterocycles. The van der Waals surface area contributed by atoms with Gasteiger partial charge in [-0.1, -0.05) is 66.2 Å². The first-order valence-electron chi connectivity index (χ1n) is 11.3. The Bertz CT molecular complexity index is 1170. The van der Waals surface area contributed by atoms with Gasteiger partial charge in [0.15, 0.2) is 5.78 Å². The second-order valence-corrected chi connectivity index (χ2v) is 9.95. The highest BCUT2D eigenvalue weighted by Gasteiger charge is 2.46. The molecule has 34 heavy (non-hydrogen) atoms. The van der Waals surface area contributed by atoms with Crippen LogP contribution in [0.5, 0.6) is 0 Å². The van der Waals surface area contributed by atoms with Gasteiger partial charge in [-0.05, 0) is 35.4 Å². The van der Waals surface area contributed by atoms with Crippen molar-refractivity contribution in [1.82, 2.24) is 5.32 Å². The van der Waals surface area contributed by atoms with E-state index < -0.39 is 11.3 Å². The summed E-state index contributed by atoms with van der Waals surface area (Å²) in [5.41, 5.74) is 3.11. The molecule has 2 unspecified atom stereocenters. The number of Topliss-reactive ketones (excluding diaryl/α,β-unsaturated/α-hetero) is 1. The Labute approximate surface area is 208 Å². The van der Waals surface area contributed by atoms with E-state index in [1.807, 2.05) is 48.5 Å². The van der Waals surface area contributed by atoms with Crippen LogP contribution in [0.1, 0.15) is 17.0 Å². The number of thioether (sulfide) groups is 1. The lowest BCUT2D eigenvalue weighted by Gasteiger charge is -2.29. The molecule has 0 saturated carbocycles. The fraction of sp³-hybridized carbons (Fsp3) is 0.259. The number of hydrogen-bond acceptors (Lipinski definition) is 5. The highest BCUT2D eigenvalue weighted by molar-refractivity contribution is 8.01. The zero-order valence-electron chi connectivity index (χ0n) is 18.5. The van der Waals surface area contributed by atoms with Gasteiger partial charge >= 0.3 is 0 Å². The first kappa shape index (κ1) is 23.0. The molecule has 0 aliphatic carbocycles. The molecule has 2 heterocycles. The Morgan fingerprint density at radius 2 is 1.53 bits per heavy atom. The molecule has 2 fully saturated rings. The minimum atomic E-state index is -0.830. The molecule has 1 N–H and O–H groups in total. The van der Waals surface area contributed by atoms with E-state index in [4.69, 9.17) is 16.3 Å². The van der Waals surface area contributed by atoms with Crippen molar-refractivity contribution in [2.45, 2.75) is 22.1 Å². The number of amides is 1. The number of benzene rings is 3. The zero-order valence-corrected chi connectivity index (χ0v) is 20.1. The number of rotatable bonds is 6. The topological polar surface area (TPSA) is 58.6 Å². The monoisotopic (exact) mass is 492 g/mol. The third kappa shape index (κ3) is 4.71. The van der Waals surface area contributed by atoms with Crippen molar-refractivity contribution in [2.75, 3.05) is 31.2 Å². The van der Waals surface area contributed by atoms with Crippen LogP contribution in [-0.4, -0.2) is 49.3 Å². The summed E-state index contributed by atoms with van der Waals surface area (Å²) in [6.45, 7) is 3.17. The van der Waals surface area contributed by atoms with Crippen LogP contribution >= 0.6 is 23.4 Å². The summed E-state index contributed by atoms with van der Waals surface area (Å²) in [7, 11) is 0. The van der Waals surface area contributed by atoms with Crippen LogP contribution in [0.3, 0.4) is 0 Å². The fourth-order valence-electron chi connectivity index (χ4n) is 4.57. The van der Waals surface area contributed by atoms with E-state index in [0.29, 0.717) is 5.02 Å². The van der Waals surface area contributed by atoms with Gasteiger partial charge in [-0.25, -0.2) is 0 Å². The summed E-state index contributed by atoms with van der Waals surface area (Å²) in [4.78, 5) is 29.5. The molecule has 5 nitrogen and oxygen atoms in total. The largest absolute Gasteiger partial charge is 0.378 e. The predicted molar refractivity (Wildman–Crippen MR) is 136 cm³/mol. The number of ketones is 1. The molecule has 3 aromatic carbocycles. The Kier molecular flexibility index (Phi) is 6.90. The molecule has 174 valence electrons. The molecule has 0 radical (unpaired) electrons. The number of carbonyl (C=O) groups is 2. The van der Waals surface area contributed by atoms with Gasteiger partial charge in [0.25, 0.3) is 0 Å². The summed E-state index contributed by atoms with van der Waals surface area (Å²) in [6, 6.07) is 24.8. The first-order chi connectivity index (χ1) is 16.6. The maximum Gasteiger partial charge on any atom is 0.241 e. The van der Waals surface area contributed by atoms with E-state index in [9.17, 15) is 9.59 Å². The van der Waals surface area contributed by atoms with Gasteiger partial charge in [0.05, 0.1) is 18.2 Å². The van der Waals surface area contributed by atoms with E-state index >= 15 is 0 Å². The number of nitrogens with one attached hydrogen (secondary N) is 1. The second-order valence-electron chi connectivity index (χ2n) is 8.40. The lowest BCUT2D eigenvalue weighted by molar-refractivity contribution is -0.121. The highest BCUT2D eigenvalue weighted by Crippen LogP contribution is 2.38. The van der Waals surface area contributed by atoms with E-state index in [1.54, 1.807) is 6.07 Å². The molecule has 7 heteroatoms. The molecule has 2 saturated heterocycles. The van der Waals surface area contributed by atoms with Crippen molar-refractivity contribution < 1.29 is 14.3 Å². The Balaban J connectivity index is 1.44. The molecule has 2 aliphatic rings. The average Bonchev–Trinajstić information content (AvgIpc) is 3.15. The zero-order chi connectivity index (χ0) is 23.5. The highest BCUT2D eigenvalue weighted by atomic mass is 35.5. The van der Waals surface area contributed by atoms with Crippen LogP contribution in [0, 0.1) is 0 Å². The third-order valence-corrected chi connectivity index (χ3v) is 8.04. The number of carbonyl (C=O) groups excluding carboxylic acids is 2. The molecule has 3 atom stereocenters. The fourth-order valence-corrected chi connectivity index (χ4v) is 5.87. The number of anilines is 1. The van der Waals surface area contributed by atoms with Crippen molar-refractivity contribution >= 4 is 40.7 Å². The predicted octanol–water partition coefficient (Wildman–Crippen LogP) is 4.54. The smallest absolute Gasteiger partial charge is 0.241 e. The summed E-state index contributed by atoms with van der Waals surface area (Å²) < 4.78 is 5.46. The maximum atomic E-state index is 13.6. The SMILES string of the molecule is O=C1N[C@H](C(c2ccccc2)c2ccc(N3CCOCC3)cc2)C(=O)C1Sc1ccccc1Cl. The molecule has 3 aromatic rings. The van der Waals surface area contributed by atoms with Gasteiger partial charge in [-0.15, -0.1) is 11.8 Å². The van der Waals surface area contributed by atoms with E-state index in [2.05, 4.69) is 34.5 Å². The Morgan fingerprint density at radius 1 is 0.882 bits per heavy atom. The lowest BCUT2D eigenvalue weighted by atomic mass is 9.84. The summed E-state index contributed by atoms with van der Waals surface area (Å²) in [5.74, 6) is -0.681. The number of nitrogens with zero attached hydrogens (tertiary/aromatic N) is 1. The molecule has 0 bridgehead atoms. The summed E-state index contributed by atoms with van der Waals surface area (Å²) in [5, 5.41) is 2.70. The van der Waals surface area contributed by atoms with Crippen LogP contribution in [0.4, 0.5) is 5.69 Å². The van der Waals surface area contributed by atoms with Gasteiger partial charge in [0, 0.05) is 29.6 Å². The first-order valence-corrected chi connectivity index (χ1v) is 12.6. The quantitative estimate of drug-likeness (QED) is 0.512. The molecule has 0 aromatic heterocycles. The minimum absolute atomic E-state index is 0.124. The van der Waals surface area contributed by atoms with Gasteiger partial charge in [0.2, 0.25) is 5.91 Å². The van der Waals surface area contributed by atoms with Crippen LogP contribution in [0.15, 0.2) is 83.8 Å². The maximum absolute atomic E-state index is 13.6. The van der Waals surface area contributed by atoms with Crippen molar-refractivity contribution in [3.63, 3.8) is 0 Å². The molecular formula is C27H25ClN2O3S. The van der Waals surface area contributed by atoms with Crippen molar-refractivity contribution in [3.8, 4) is 0 Å². The van der Waals surface area contributed by atoms with Crippen LogP contribution in [0.25, 0.3) is 0 Å². The number of morpholine rings is 1. The van der Waals surface area contributed by atoms with Gasteiger partial charge in [-0.2, -0.15) is 0 Å². The van der Waals surface area contributed by atoms with Crippen LogP contribution < -0.4 is 10.2 Å². The minimum Gasteiger partial charge on any atom is -0.378 e. The van der Waals surface area contributed by atoms with Gasteiger partial charge < -0.3 is 15.0 Å². The molecule has 5 rings (SSSR count).